The van der Waals surface area contributed by atoms with Crippen molar-refractivity contribution in [2.45, 2.75) is 47.9 Å². The first-order valence-corrected chi connectivity index (χ1v) is 5.22. The Bertz CT molecular complexity index is 482. The van der Waals surface area contributed by atoms with Crippen LogP contribution in [0.4, 0.5) is 70.2 Å². The summed E-state index contributed by atoms with van der Waals surface area (Å²) in [6.45, 7) is 0.946. The molecule has 0 fully saturated rings. The average molecular weight is 415 g/mol. The summed E-state index contributed by atoms with van der Waals surface area (Å²) in [4.78, 5) is 0. The van der Waals surface area contributed by atoms with Crippen LogP contribution in [0.3, 0.4) is 0 Å². The minimum atomic E-state index is -8.34. The van der Waals surface area contributed by atoms with Gasteiger partial charge in [0.25, 0.3) is 0 Å². The van der Waals surface area contributed by atoms with Crippen molar-refractivity contribution in [3.05, 3.63) is 6.92 Å². The van der Waals surface area contributed by atoms with E-state index in [1.165, 1.54) is 0 Å². The van der Waals surface area contributed by atoms with Crippen LogP contribution in [0.5, 0.6) is 0 Å². The minimum absolute atomic E-state index is 0.946. The molecule has 0 nitrogen and oxygen atoms in total. The van der Waals surface area contributed by atoms with E-state index in [0.717, 1.165) is 6.92 Å². The largest absolute Gasteiger partial charge is 0.384 e. The first-order valence-electron chi connectivity index (χ1n) is 5.22. The smallest absolute Gasteiger partial charge is 0.203 e. The van der Waals surface area contributed by atoms with Crippen LogP contribution in [-0.2, 0) is 0 Å². The highest BCUT2D eigenvalue weighted by atomic mass is 19.4. The molecule has 0 saturated heterocycles. The molecule has 0 N–H and O–H groups in total. The third kappa shape index (κ3) is 2.88. The number of alkyl halides is 16. The number of rotatable bonds is 7. The molecule has 0 aromatic carbocycles. The van der Waals surface area contributed by atoms with Crippen LogP contribution < -0.4 is 0 Å². The lowest BCUT2D eigenvalue weighted by atomic mass is 9.89. The molecule has 151 valence electrons. The zero-order valence-corrected chi connectivity index (χ0v) is 10.8. The zero-order chi connectivity index (χ0) is 21.1. The summed E-state index contributed by atoms with van der Waals surface area (Å²) in [5, 5.41) is 0. The molecule has 0 rings (SSSR count). The van der Waals surface area contributed by atoms with Crippen LogP contribution in [0.25, 0.3) is 0 Å². The zero-order valence-electron chi connectivity index (χ0n) is 10.8. The van der Waals surface area contributed by atoms with Crippen LogP contribution in [0.15, 0.2) is 0 Å². The van der Waals surface area contributed by atoms with Crippen molar-refractivity contribution in [1.29, 1.82) is 0 Å². The fourth-order valence-corrected chi connectivity index (χ4v) is 1.17. The molecule has 0 heterocycles. The van der Waals surface area contributed by atoms with Gasteiger partial charge in [0, 0.05) is 6.92 Å². The first-order chi connectivity index (χ1) is 10.4. The summed E-state index contributed by atoms with van der Waals surface area (Å²) < 4.78 is 200. The van der Waals surface area contributed by atoms with Crippen molar-refractivity contribution in [2.24, 2.45) is 0 Å². The second kappa shape index (κ2) is 5.69. The molecule has 0 aliphatic rings. The maximum Gasteiger partial charge on any atom is 0.384 e. The van der Waals surface area contributed by atoms with Crippen molar-refractivity contribution in [3.8, 4) is 0 Å². The standard InChI is InChI=1S/C9H3F16/c1-3(12,13)5(16,17)7(20,21)9(24,25)8(22,23)6(18,19)4(14,15)2(10)11/h2H,1H2. The molecule has 0 aromatic heterocycles. The van der Waals surface area contributed by atoms with E-state index in [0.29, 0.717) is 0 Å². The maximum atomic E-state index is 12.9. The molecule has 0 saturated carbocycles. The lowest BCUT2D eigenvalue weighted by Crippen LogP contribution is -2.73. The summed E-state index contributed by atoms with van der Waals surface area (Å²) in [6.07, 6.45) is -5.84. The molecule has 16 heteroatoms. The lowest BCUT2D eigenvalue weighted by Gasteiger charge is -2.42. The first kappa shape index (κ1) is 23.9. The fourth-order valence-electron chi connectivity index (χ4n) is 1.17. The predicted molar refractivity (Wildman–Crippen MR) is 46.0 cm³/mol. The molecule has 0 bridgehead atoms. The minimum Gasteiger partial charge on any atom is -0.203 e. The Morgan fingerprint density at radius 1 is 0.440 bits per heavy atom. The van der Waals surface area contributed by atoms with Gasteiger partial charge in [0.15, 0.2) is 0 Å². The monoisotopic (exact) mass is 415 g/mol. The van der Waals surface area contributed by atoms with E-state index in [2.05, 4.69) is 0 Å². The van der Waals surface area contributed by atoms with E-state index in [9.17, 15) is 70.2 Å². The highest BCUT2D eigenvalue weighted by Crippen LogP contribution is 2.62. The Hall–Kier alpha value is -1.12. The summed E-state index contributed by atoms with van der Waals surface area (Å²) in [7, 11) is 0. The van der Waals surface area contributed by atoms with E-state index in [-0.39, 0.29) is 0 Å². The van der Waals surface area contributed by atoms with Crippen molar-refractivity contribution in [3.63, 3.8) is 0 Å². The van der Waals surface area contributed by atoms with E-state index in [1.807, 2.05) is 0 Å². The van der Waals surface area contributed by atoms with Gasteiger partial charge < -0.3 is 0 Å². The van der Waals surface area contributed by atoms with Crippen molar-refractivity contribution in [2.75, 3.05) is 0 Å². The van der Waals surface area contributed by atoms with E-state index in [1.54, 1.807) is 0 Å². The number of hydrogen-bond acceptors (Lipinski definition) is 0. The molecule has 0 spiro atoms. The molecule has 0 aliphatic heterocycles. The highest BCUT2D eigenvalue weighted by Gasteiger charge is 2.93. The van der Waals surface area contributed by atoms with Gasteiger partial charge >= 0.3 is 47.9 Å². The predicted octanol–water partition coefficient (Wildman–Crippen LogP) is 5.53. The normalized spacial score (nSPS) is 16.6. The third-order valence-electron chi connectivity index (χ3n) is 2.73. The van der Waals surface area contributed by atoms with E-state index < -0.39 is 47.9 Å². The molecule has 0 unspecified atom stereocenters. The van der Waals surface area contributed by atoms with Gasteiger partial charge in [-0.15, -0.1) is 0 Å². The Morgan fingerprint density at radius 3 is 0.920 bits per heavy atom. The summed E-state index contributed by atoms with van der Waals surface area (Å²) in [5.74, 6) is -54.3. The van der Waals surface area contributed by atoms with E-state index in [4.69, 9.17) is 0 Å². The fraction of sp³-hybridized carbons (Fsp3) is 0.889. The van der Waals surface area contributed by atoms with Crippen LogP contribution in [0.1, 0.15) is 0 Å². The maximum absolute atomic E-state index is 12.9. The van der Waals surface area contributed by atoms with Gasteiger partial charge in [-0.05, 0) is 0 Å². The highest BCUT2D eigenvalue weighted by molar-refractivity contribution is 5.14. The Morgan fingerprint density at radius 2 is 0.680 bits per heavy atom. The van der Waals surface area contributed by atoms with Crippen LogP contribution in [0.2, 0.25) is 0 Å². The molecular formula is C9H3F16. The van der Waals surface area contributed by atoms with Gasteiger partial charge in [-0.25, -0.2) is 8.78 Å². The molecule has 1 radical (unpaired) electrons. The topological polar surface area (TPSA) is 0 Å². The molecule has 0 aliphatic carbocycles. The summed E-state index contributed by atoms with van der Waals surface area (Å²) >= 11 is 0. The van der Waals surface area contributed by atoms with Crippen molar-refractivity contribution < 1.29 is 70.2 Å². The van der Waals surface area contributed by atoms with Gasteiger partial charge in [0.05, 0.1) is 0 Å². The second-order valence-corrected chi connectivity index (χ2v) is 4.50. The lowest BCUT2D eigenvalue weighted by molar-refractivity contribution is -0.444. The molecular weight excluding hydrogens is 412 g/mol. The summed E-state index contributed by atoms with van der Waals surface area (Å²) in [6, 6.07) is 0. The molecule has 0 amide bonds. The van der Waals surface area contributed by atoms with Gasteiger partial charge in [-0.1, -0.05) is 0 Å². The van der Waals surface area contributed by atoms with Crippen molar-refractivity contribution in [1.82, 2.24) is 0 Å². The SMILES string of the molecule is [CH2]C(F)(F)C(F)(F)C(F)(F)C(F)(F)C(F)(F)C(F)(F)C(F)(F)C(F)F. The quantitative estimate of drug-likeness (QED) is 0.480. The Balaban J connectivity index is 6.50. The van der Waals surface area contributed by atoms with Gasteiger partial charge in [0.2, 0.25) is 0 Å². The number of hydrogen-bond donors (Lipinski definition) is 0. The van der Waals surface area contributed by atoms with Gasteiger partial charge in [-0.3, -0.25) is 0 Å². The van der Waals surface area contributed by atoms with Crippen LogP contribution in [0, 0.1) is 6.92 Å². The number of halogens is 16. The van der Waals surface area contributed by atoms with E-state index >= 15 is 0 Å². The van der Waals surface area contributed by atoms with Gasteiger partial charge in [-0.2, -0.15) is 61.5 Å². The molecule has 0 atom stereocenters. The Kier molecular flexibility index (Phi) is 5.43. The van der Waals surface area contributed by atoms with Crippen molar-refractivity contribution >= 4 is 0 Å². The third-order valence-corrected chi connectivity index (χ3v) is 2.73. The Labute approximate surface area is 126 Å². The molecule has 25 heavy (non-hydrogen) atoms. The average Bonchev–Trinajstić information content (AvgIpc) is 2.35. The van der Waals surface area contributed by atoms with Gasteiger partial charge in [0.1, 0.15) is 0 Å². The molecule has 0 aromatic rings. The van der Waals surface area contributed by atoms with Crippen LogP contribution in [-0.4, -0.2) is 47.9 Å². The summed E-state index contributed by atoms with van der Waals surface area (Å²) in [5.41, 5.74) is 0. The second-order valence-electron chi connectivity index (χ2n) is 4.50. The van der Waals surface area contributed by atoms with Crippen LogP contribution >= 0.6 is 0 Å².